The van der Waals surface area contributed by atoms with Gasteiger partial charge in [-0.2, -0.15) is 13.2 Å². The van der Waals surface area contributed by atoms with Crippen LogP contribution in [0.15, 0.2) is 24.4 Å². The van der Waals surface area contributed by atoms with Crippen molar-refractivity contribution in [2.45, 2.75) is 43.8 Å². The minimum Gasteiger partial charge on any atom is -0.491 e. The number of aromatic nitrogens is 2. The van der Waals surface area contributed by atoms with Gasteiger partial charge in [0.1, 0.15) is 17.2 Å². The average molecular weight is 542 g/mol. The number of hydrogen-bond acceptors (Lipinski definition) is 6. The maximum atomic E-state index is 13.6. The lowest BCUT2D eigenvalue weighted by Gasteiger charge is -2.32. The topological polar surface area (TPSA) is 82.7 Å². The Morgan fingerprint density at radius 2 is 1.92 bits per heavy atom. The Morgan fingerprint density at radius 1 is 1.10 bits per heavy atom. The Bertz CT molecular complexity index is 1430. The zero-order chi connectivity index (χ0) is 26.7. The number of alkyl halides is 3. The largest absolute Gasteiger partial charge is 0.491 e. The maximum Gasteiger partial charge on any atom is 0.418 e. The van der Waals surface area contributed by atoms with E-state index in [-0.39, 0.29) is 22.9 Å². The van der Waals surface area contributed by atoms with Gasteiger partial charge in [-0.3, -0.25) is 9.69 Å². The summed E-state index contributed by atoms with van der Waals surface area (Å²) in [6.07, 6.45) is -0.156. The molecule has 1 aromatic carbocycles. The van der Waals surface area contributed by atoms with E-state index in [2.05, 4.69) is 20.2 Å². The van der Waals surface area contributed by atoms with Gasteiger partial charge in [-0.05, 0) is 48.9 Å². The fourth-order valence-corrected chi connectivity index (χ4v) is 6.24. The molecule has 5 heterocycles. The van der Waals surface area contributed by atoms with E-state index in [0.29, 0.717) is 54.0 Å². The Hall–Kier alpha value is -3.31. The van der Waals surface area contributed by atoms with Crippen LogP contribution in [0.25, 0.3) is 11.0 Å². The molecule has 1 amide bonds. The normalized spacial score (nSPS) is 21.8. The SMILES string of the molecule is O=C(c1ccc(Nc2cc(C3CC3)c3c(C(F)(F)F)c[nH]c3n2)c2c1CCO2)N1CC[C@@H](N2CCOCC2)C1. The van der Waals surface area contributed by atoms with E-state index in [1.54, 1.807) is 6.07 Å². The molecule has 0 bridgehead atoms. The zero-order valence-corrected chi connectivity index (χ0v) is 21.4. The first-order chi connectivity index (χ1) is 18.9. The van der Waals surface area contributed by atoms with Crippen molar-refractivity contribution in [3.05, 3.63) is 46.6 Å². The fraction of sp³-hybridized carbons (Fsp3) is 0.500. The van der Waals surface area contributed by atoms with Crippen molar-refractivity contribution in [1.29, 1.82) is 0 Å². The molecule has 4 aliphatic rings. The number of amides is 1. The van der Waals surface area contributed by atoms with Gasteiger partial charge in [0.15, 0.2) is 0 Å². The predicted molar refractivity (Wildman–Crippen MR) is 139 cm³/mol. The van der Waals surface area contributed by atoms with Crippen LogP contribution >= 0.6 is 0 Å². The summed E-state index contributed by atoms with van der Waals surface area (Å²) in [6.45, 7) is 5.17. The molecule has 1 atom stereocenters. The van der Waals surface area contributed by atoms with Crippen LogP contribution in [0.5, 0.6) is 5.75 Å². The van der Waals surface area contributed by atoms with Gasteiger partial charge in [-0.15, -0.1) is 0 Å². The summed E-state index contributed by atoms with van der Waals surface area (Å²) in [5.74, 6) is 1.17. The summed E-state index contributed by atoms with van der Waals surface area (Å²) in [7, 11) is 0. The number of halogens is 3. The summed E-state index contributed by atoms with van der Waals surface area (Å²) in [6, 6.07) is 5.72. The van der Waals surface area contributed by atoms with Gasteiger partial charge in [0.25, 0.3) is 5.91 Å². The number of aromatic amines is 1. The van der Waals surface area contributed by atoms with E-state index in [0.717, 1.165) is 63.9 Å². The molecule has 1 aliphatic carbocycles. The summed E-state index contributed by atoms with van der Waals surface area (Å²) >= 11 is 0. The van der Waals surface area contributed by atoms with Crippen LogP contribution in [-0.4, -0.2) is 77.7 Å². The highest BCUT2D eigenvalue weighted by Crippen LogP contribution is 2.47. The van der Waals surface area contributed by atoms with Crippen LogP contribution in [-0.2, 0) is 17.3 Å². The Morgan fingerprint density at radius 3 is 2.69 bits per heavy atom. The van der Waals surface area contributed by atoms with Gasteiger partial charge in [0.05, 0.1) is 31.1 Å². The monoisotopic (exact) mass is 541 g/mol. The van der Waals surface area contributed by atoms with Crippen LogP contribution in [0, 0.1) is 0 Å². The first-order valence-corrected chi connectivity index (χ1v) is 13.6. The van der Waals surface area contributed by atoms with E-state index < -0.39 is 11.7 Å². The number of benzene rings is 1. The number of hydrogen-bond donors (Lipinski definition) is 2. The molecule has 206 valence electrons. The van der Waals surface area contributed by atoms with Crippen molar-refractivity contribution in [1.82, 2.24) is 19.8 Å². The maximum absolute atomic E-state index is 13.6. The number of H-pyrrole nitrogens is 1. The molecule has 39 heavy (non-hydrogen) atoms. The molecule has 8 nitrogen and oxygen atoms in total. The second kappa shape index (κ2) is 9.41. The van der Waals surface area contributed by atoms with E-state index in [1.165, 1.54) is 0 Å². The van der Waals surface area contributed by atoms with Crippen LogP contribution in [0.2, 0.25) is 0 Å². The first kappa shape index (κ1) is 24.7. The molecule has 0 unspecified atom stereocenters. The molecule has 3 aliphatic heterocycles. The lowest BCUT2D eigenvalue weighted by molar-refractivity contribution is -0.136. The van der Waals surface area contributed by atoms with Gasteiger partial charge >= 0.3 is 6.18 Å². The first-order valence-electron chi connectivity index (χ1n) is 13.6. The third-order valence-corrected chi connectivity index (χ3v) is 8.36. The molecule has 0 spiro atoms. The zero-order valence-electron chi connectivity index (χ0n) is 21.4. The number of rotatable bonds is 5. The Balaban J connectivity index is 1.15. The number of carbonyl (C=O) groups is 1. The Labute approximate surface area is 223 Å². The predicted octanol–water partition coefficient (Wildman–Crippen LogP) is 4.68. The second-order valence-corrected chi connectivity index (χ2v) is 10.8. The number of carbonyl (C=O) groups excluding carboxylic acids is 1. The third-order valence-electron chi connectivity index (χ3n) is 8.36. The number of ether oxygens (including phenoxy) is 2. The molecule has 2 N–H and O–H groups in total. The third kappa shape index (κ3) is 4.51. The molecule has 7 rings (SSSR count). The Kier molecular flexibility index (Phi) is 5.96. The van der Waals surface area contributed by atoms with Crippen molar-refractivity contribution in [3.63, 3.8) is 0 Å². The molecule has 3 fully saturated rings. The number of nitrogens with one attached hydrogen (secondary N) is 2. The van der Waals surface area contributed by atoms with Crippen molar-refractivity contribution < 1.29 is 27.4 Å². The minimum atomic E-state index is -4.45. The highest BCUT2D eigenvalue weighted by Gasteiger charge is 2.38. The van der Waals surface area contributed by atoms with E-state index >= 15 is 0 Å². The van der Waals surface area contributed by atoms with Gasteiger partial charge in [-0.25, -0.2) is 4.98 Å². The molecule has 0 radical (unpaired) electrons. The number of fused-ring (bicyclic) bond motifs is 2. The number of morpholine rings is 1. The van der Waals surface area contributed by atoms with Crippen molar-refractivity contribution in [3.8, 4) is 5.75 Å². The van der Waals surface area contributed by atoms with Crippen molar-refractivity contribution >= 4 is 28.4 Å². The average Bonchev–Trinajstić information content (AvgIpc) is 3.31. The van der Waals surface area contributed by atoms with Crippen LogP contribution in [0.4, 0.5) is 24.7 Å². The van der Waals surface area contributed by atoms with E-state index in [9.17, 15) is 18.0 Å². The molecule has 1 saturated carbocycles. The molecule has 2 saturated heterocycles. The number of likely N-dealkylation sites (tertiary alicyclic amines) is 1. The number of anilines is 2. The quantitative estimate of drug-likeness (QED) is 0.488. The highest BCUT2D eigenvalue weighted by atomic mass is 19.4. The van der Waals surface area contributed by atoms with E-state index in [4.69, 9.17) is 9.47 Å². The van der Waals surface area contributed by atoms with Crippen molar-refractivity contribution in [2.75, 3.05) is 51.3 Å². The minimum absolute atomic E-state index is 0.0145. The van der Waals surface area contributed by atoms with E-state index in [1.807, 2.05) is 17.0 Å². The van der Waals surface area contributed by atoms with Gasteiger partial charge in [0.2, 0.25) is 0 Å². The second-order valence-electron chi connectivity index (χ2n) is 10.8. The van der Waals surface area contributed by atoms with Crippen molar-refractivity contribution in [2.24, 2.45) is 0 Å². The standard InChI is InChI=1S/C28H30F3N5O3/c29-28(30,31)21-14-32-26-24(21)20(16-1-2-16)13-23(34-26)33-22-4-3-19(18-6-10-39-25(18)22)27(37)36-7-5-17(15-36)35-8-11-38-12-9-35/h3-4,13-14,16-17H,1-2,5-12,15H2,(H2,32,33,34)/t17-/m1/s1. The molecule has 11 heteroatoms. The van der Waals surface area contributed by atoms with Gasteiger partial charge in [-0.1, -0.05) is 0 Å². The van der Waals surface area contributed by atoms with Crippen LogP contribution in [0.3, 0.4) is 0 Å². The summed E-state index contributed by atoms with van der Waals surface area (Å²) in [4.78, 5) is 25.1. The molecular weight excluding hydrogens is 511 g/mol. The highest BCUT2D eigenvalue weighted by molar-refractivity contribution is 5.98. The fourth-order valence-electron chi connectivity index (χ4n) is 6.24. The summed E-state index contributed by atoms with van der Waals surface area (Å²) in [5.41, 5.74) is 2.36. The molecule has 3 aromatic rings. The summed E-state index contributed by atoms with van der Waals surface area (Å²) < 4.78 is 52.3. The van der Waals surface area contributed by atoms with Gasteiger partial charge < -0.3 is 24.7 Å². The van der Waals surface area contributed by atoms with Crippen LogP contribution < -0.4 is 10.1 Å². The van der Waals surface area contributed by atoms with Gasteiger partial charge in [0, 0.05) is 61.4 Å². The molecule has 2 aromatic heterocycles. The summed E-state index contributed by atoms with van der Waals surface area (Å²) in [5, 5.41) is 3.42. The lowest BCUT2D eigenvalue weighted by atomic mass is 10.0. The lowest BCUT2D eigenvalue weighted by Crippen LogP contribution is -2.45. The molecular formula is C28H30F3N5O3. The van der Waals surface area contributed by atoms with Crippen LogP contribution in [0.1, 0.15) is 52.2 Å². The number of pyridine rings is 1. The number of nitrogens with zero attached hydrogens (tertiary/aromatic N) is 3. The smallest absolute Gasteiger partial charge is 0.418 e.